The summed E-state index contributed by atoms with van der Waals surface area (Å²) in [5.41, 5.74) is 0.977. The first-order valence-electron chi connectivity index (χ1n) is 8.77. The van der Waals surface area contributed by atoms with Crippen LogP contribution in [0.3, 0.4) is 0 Å². The summed E-state index contributed by atoms with van der Waals surface area (Å²) < 4.78 is 20.3. The van der Waals surface area contributed by atoms with Crippen LogP contribution in [0.25, 0.3) is 16.8 Å². The summed E-state index contributed by atoms with van der Waals surface area (Å²) in [6.45, 7) is 2.42. The van der Waals surface area contributed by atoms with Gasteiger partial charge in [-0.2, -0.15) is 0 Å². The second-order valence-electron chi connectivity index (χ2n) is 6.10. The summed E-state index contributed by atoms with van der Waals surface area (Å²) in [5.74, 6) is -0.131. The van der Waals surface area contributed by atoms with E-state index in [2.05, 4.69) is 0 Å². The first-order chi connectivity index (χ1) is 13.6. The summed E-state index contributed by atoms with van der Waals surface area (Å²) in [6.07, 6.45) is 1.79. The number of hydrogen-bond acceptors (Lipinski definition) is 4. The largest absolute Gasteiger partial charge is 0.493 e. The standard InChI is InChI=1S/C22H16FNO2S2/c1-2-26-19-12-11-14-7-3-4-8-15(14)16(19)13-20-21(25)24(22(27)28-20)18-10-6-5-9-17(18)23/h3-13H,2H2,1H3/b20-13-. The van der Waals surface area contributed by atoms with Crippen LogP contribution in [0.15, 0.2) is 65.6 Å². The van der Waals surface area contributed by atoms with Crippen LogP contribution in [-0.2, 0) is 4.79 Å². The number of benzene rings is 3. The first kappa shape index (κ1) is 18.7. The molecular formula is C22H16FNO2S2. The van der Waals surface area contributed by atoms with Crippen molar-refractivity contribution in [3.8, 4) is 5.75 Å². The molecule has 1 heterocycles. The lowest BCUT2D eigenvalue weighted by molar-refractivity contribution is -0.113. The molecule has 1 aliphatic heterocycles. The van der Waals surface area contributed by atoms with Crippen molar-refractivity contribution in [3.63, 3.8) is 0 Å². The number of amides is 1. The second kappa shape index (κ2) is 7.73. The highest BCUT2D eigenvalue weighted by Crippen LogP contribution is 2.39. The third-order valence-electron chi connectivity index (χ3n) is 4.39. The van der Waals surface area contributed by atoms with E-state index in [0.717, 1.165) is 28.1 Å². The van der Waals surface area contributed by atoms with Crippen molar-refractivity contribution in [2.24, 2.45) is 0 Å². The Labute approximate surface area is 171 Å². The van der Waals surface area contributed by atoms with Gasteiger partial charge in [-0.1, -0.05) is 66.4 Å². The van der Waals surface area contributed by atoms with Crippen LogP contribution in [0.4, 0.5) is 10.1 Å². The molecular weight excluding hydrogens is 393 g/mol. The monoisotopic (exact) mass is 409 g/mol. The number of thioether (sulfide) groups is 1. The number of anilines is 1. The van der Waals surface area contributed by atoms with Crippen molar-refractivity contribution in [1.82, 2.24) is 0 Å². The Bertz CT molecular complexity index is 1130. The molecule has 0 aromatic heterocycles. The smallest absolute Gasteiger partial charge is 0.270 e. The Morgan fingerprint density at radius 3 is 2.64 bits per heavy atom. The lowest BCUT2D eigenvalue weighted by atomic mass is 10.0. The third kappa shape index (κ3) is 3.30. The van der Waals surface area contributed by atoms with Gasteiger partial charge in [-0.3, -0.25) is 9.69 Å². The number of halogens is 1. The van der Waals surface area contributed by atoms with Crippen molar-refractivity contribution in [2.75, 3.05) is 11.5 Å². The van der Waals surface area contributed by atoms with Gasteiger partial charge in [0.05, 0.1) is 17.2 Å². The molecule has 0 atom stereocenters. The summed E-state index contributed by atoms with van der Waals surface area (Å²) >= 11 is 6.52. The zero-order valence-corrected chi connectivity index (χ0v) is 16.6. The summed E-state index contributed by atoms with van der Waals surface area (Å²) in [7, 11) is 0. The zero-order chi connectivity index (χ0) is 19.7. The zero-order valence-electron chi connectivity index (χ0n) is 15.0. The Morgan fingerprint density at radius 2 is 1.86 bits per heavy atom. The maximum Gasteiger partial charge on any atom is 0.270 e. The van der Waals surface area contributed by atoms with Gasteiger partial charge < -0.3 is 4.74 Å². The maximum absolute atomic E-state index is 14.2. The fraction of sp³-hybridized carbons (Fsp3) is 0.0909. The van der Waals surface area contributed by atoms with Gasteiger partial charge >= 0.3 is 0 Å². The number of fused-ring (bicyclic) bond motifs is 1. The van der Waals surface area contributed by atoms with Crippen LogP contribution in [0.1, 0.15) is 12.5 Å². The fourth-order valence-electron chi connectivity index (χ4n) is 3.15. The van der Waals surface area contributed by atoms with Crippen molar-refractivity contribution < 1.29 is 13.9 Å². The number of thiocarbonyl (C=S) groups is 1. The van der Waals surface area contributed by atoms with Gasteiger partial charge in [0, 0.05) is 5.56 Å². The van der Waals surface area contributed by atoms with Crippen LogP contribution < -0.4 is 9.64 Å². The molecule has 1 amide bonds. The van der Waals surface area contributed by atoms with Gasteiger partial charge in [0.15, 0.2) is 4.32 Å². The quantitative estimate of drug-likeness (QED) is 0.403. The number of nitrogens with zero attached hydrogens (tertiary/aromatic N) is 1. The summed E-state index contributed by atoms with van der Waals surface area (Å²) in [6, 6.07) is 17.9. The molecule has 3 nitrogen and oxygen atoms in total. The van der Waals surface area contributed by atoms with E-state index in [1.54, 1.807) is 24.3 Å². The number of rotatable bonds is 4. The van der Waals surface area contributed by atoms with Crippen LogP contribution in [0, 0.1) is 5.82 Å². The second-order valence-corrected chi connectivity index (χ2v) is 7.78. The Hall–Kier alpha value is -2.70. The summed E-state index contributed by atoms with van der Waals surface area (Å²) in [5, 5.41) is 2.02. The molecule has 1 aliphatic rings. The molecule has 0 bridgehead atoms. The van der Waals surface area contributed by atoms with Gasteiger partial charge in [-0.05, 0) is 42.0 Å². The van der Waals surface area contributed by atoms with E-state index in [-0.39, 0.29) is 11.6 Å². The predicted octanol–water partition coefficient (Wildman–Crippen LogP) is 5.78. The molecule has 0 spiro atoms. The number of carbonyl (C=O) groups is 1. The van der Waals surface area contributed by atoms with Gasteiger partial charge in [0.2, 0.25) is 0 Å². The number of hydrogen-bond donors (Lipinski definition) is 0. The molecule has 140 valence electrons. The van der Waals surface area contributed by atoms with Gasteiger partial charge in [0.25, 0.3) is 5.91 Å². The Kier molecular flexibility index (Phi) is 5.15. The van der Waals surface area contributed by atoms with E-state index in [0.29, 0.717) is 21.6 Å². The Balaban J connectivity index is 1.82. The van der Waals surface area contributed by atoms with Crippen molar-refractivity contribution in [3.05, 3.63) is 76.9 Å². The van der Waals surface area contributed by atoms with E-state index in [9.17, 15) is 9.18 Å². The normalized spacial score (nSPS) is 15.6. The summed E-state index contributed by atoms with van der Waals surface area (Å²) in [4.78, 5) is 14.7. The van der Waals surface area contributed by atoms with Crippen molar-refractivity contribution in [1.29, 1.82) is 0 Å². The molecule has 0 radical (unpaired) electrons. The highest BCUT2D eigenvalue weighted by molar-refractivity contribution is 8.27. The topological polar surface area (TPSA) is 29.5 Å². The lowest BCUT2D eigenvalue weighted by Gasteiger charge is -2.15. The molecule has 6 heteroatoms. The van der Waals surface area contributed by atoms with E-state index < -0.39 is 5.82 Å². The highest BCUT2D eigenvalue weighted by atomic mass is 32.2. The maximum atomic E-state index is 14.2. The van der Waals surface area contributed by atoms with Crippen LogP contribution in [-0.4, -0.2) is 16.8 Å². The molecule has 1 fully saturated rings. The average Bonchev–Trinajstić information content (AvgIpc) is 2.97. The molecule has 0 aliphatic carbocycles. The Morgan fingerprint density at radius 1 is 1.11 bits per heavy atom. The van der Waals surface area contributed by atoms with Gasteiger partial charge in [0.1, 0.15) is 11.6 Å². The number of carbonyl (C=O) groups excluding carboxylic acids is 1. The van der Waals surface area contributed by atoms with Crippen LogP contribution in [0.5, 0.6) is 5.75 Å². The molecule has 4 rings (SSSR count). The number of ether oxygens (including phenoxy) is 1. The predicted molar refractivity (Wildman–Crippen MR) is 117 cm³/mol. The van der Waals surface area contributed by atoms with Crippen molar-refractivity contribution in [2.45, 2.75) is 6.92 Å². The molecule has 3 aromatic carbocycles. The highest BCUT2D eigenvalue weighted by Gasteiger charge is 2.35. The van der Waals surface area contributed by atoms with Gasteiger partial charge in [-0.25, -0.2) is 4.39 Å². The molecule has 3 aromatic rings. The molecule has 0 unspecified atom stereocenters. The van der Waals surface area contributed by atoms with Crippen LogP contribution in [0.2, 0.25) is 0 Å². The fourth-order valence-corrected chi connectivity index (χ4v) is 4.41. The minimum absolute atomic E-state index is 0.163. The number of para-hydroxylation sites is 1. The van der Waals surface area contributed by atoms with Gasteiger partial charge in [-0.15, -0.1) is 0 Å². The lowest BCUT2D eigenvalue weighted by Crippen LogP contribution is -2.28. The molecule has 1 saturated heterocycles. The van der Waals surface area contributed by atoms with E-state index in [4.69, 9.17) is 17.0 Å². The van der Waals surface area contributed by atoms with Crippen LogP contribution >= 0.6 is 24.0 Å². The third-order valence-corrected chi connectivity index (χ3v) is 5.70. The van der Waals surface area contributed by atoms with E-state index >= 15 is 0 Å². The minimum atomic E-state index is -0.486. The minimum Gasteiger partial charge on any atom is -0.493 e. The first-order valence-corrected chi connectivity index (χ1v) is 9.99. The van der Waals surface area contributed by atoms with E-state index in [1.807, 2.05) is 43.3 Å². The van der Waals surface area contributed by atoms with E-state index in [1.165, 1.54) is 11.0 Å². The average molecular weight is 410 g/mol. The molecule has 0 saturated carbocycles. The molecule has 0 N–H and O–H groups in total. The van der Waals surface area contributed by atoms with Crippen molar-refractivity contribution >= 4 is 56.7 Å². The molecule has 28 heavy (non-hydrogen) atoms. The SMILES string of the molecule is CCOc1ccc2ccccc2c1/C=C1\SC(=S)N(c2ccccc2F)C1=O.